The number of ether oxygens (including phenoxy) is 1. The number of nitrogens with zero attached hydrogens (tertiary/aromatic N) is 3. The van der Waals surface area contributed by atoms with Gasteiger partial charge in [0.25, 0.3) is 5.91 Å². The average Bonchev–Trinajstić information content (AvgIpc) is 2.82. The zero-order valence-electron chi connectivity index (χ0n) is 15.0. The van der Waals surface area contributed by atoms with Crippen LogP contribution in [0.3, 0.4) is 0 Å². The van der Waals surface area contributed by atoms with Crippen molar-refractivity contribution in [3.63, 3.8) is 0 Å². The monoisotopic (exact) mass is 361 g/mol. The minimum Gasteiger partial charge on any atom is -0.468 e. The third-order valence-electron chi connectivity index (χ3n) is 4.18. The highest BCUT2D eigenvalue weighted by atomic mass is 32.1. The fraction of sp³-hybridized carbons (Fsp3) is 0.389. The maximum absolute atomic E-state index is 12.6. The van der Waals surface area contributed by atoms with Crippen molar-refractivity contribution in [1.82, 2.24) is 9.80 Å². The van der Waals surface area contributed by atoms with E-state index in [1.165, 1.54) is 12.0 Å². The van der Waals surface area contributed by atoms with Gasteiger partial charge in [0, 0.05) is 25.8 Å². The van der Waals surface area contributed by atoms with Crippen molar-refractivity contribution in [2.24, 2.45) is 0 Å². The van der Waals surface area contributed by atoms with Crippen LogP contribution in [0.1, 0.15) is 19.4 Å². The molecule has 1 amide bonds. The Morgan fingerprint density at radius 2 is 1.84 bits per heavy atom. The summed E-state index contributed by atoms with van der Waals surface area (Å²) in [7, 11) is 3.00. The lowest BCUT2D eigenvalue weighted by Gasteiger charge is -2.21. The van der Waals surface area contributed by atoms with Crippen LogP contribution in [0.25, 0.3) is 6.08 Å². The molecule has 0 radical (unpaired) electrons. The maximum Gasteiger partial charge on any atom is 0.325 e. The molecule has 2 rings (SSSR count). The van der Waals surface area contributed by atoms with E-state index in [0.717, 1.165) is 24.3 Å². The predicted molar refractivity (Wildman–Crippen MR) is 102 cm³/mol. The summed E-state index contributed by atoms with van der Waals surface area (Å²) in [5.74, 6) is -0.806. The number of thiocarbonyl (C=S) groups is 1. The first-order valence-corrected chi connectivity index (χ1v) is 8.56. The first-order chi connectivity index (χ1) is 11.9. The second kappa shape index (κ2) is 8.11. The van der Waals surface area contributed by atoms with E-state index in [1.807, 2.05) is 24.3 Å². The molecule has 25 heavy (non-hydrogen) atoms. The van der Waals surface area contributed by atoms with E-state index in [4.69, 9.17) is 12.2 Å². The number of anilines is 1. The third-order valence-corrected chi connectivity index (χ3v) is 4.68. The summed E-state index contributed by atoms with van der Waals surface area (Å²) in [6.07, 6.45) is 1.78. The average molecular weight is 361 g/mol. The van der Waals surface area contributed by atoms with E-state index < -0.39 is 5.97 Å². The standard InChI is InChI=1S/C18H23N3O3S/c1-5-20(6-2)14-9-7-13(8-10-14)11-15-17(23)21(12-16(22)24-4)18(25)19(15)3/h7-11H,5-6,12H2,1-4H3/b15-11-. The quantitative estimate of drug-likeness (QED) is 0.439. The fourth-order valence-electron chi connectivity index (χ4n) is 2.67. The summed E-state index contributed by atoms with van der Waals surface area (Å²) in [4.78, 5) is 29.1. The number of amides is 1. The minimum absolute atomic E-state index is 0.184. The predicted octanol–water partition coefficient (Wildman–Crippen LogP) is 2.11. The van der Waals surface area contributed by atoms with E-state index >= 15 is 0 Å². The second-order valence-electron chi connectivity index (χ2n) is 5.60. The van der Waals surface area contributed by atoms with Gasteiger partial charge in [-0.1, -0.05) is 12.1 Å². The van der Waals surface area contributed by atoms with Gasteiger partial charge >= 0.3 is 5.97 Å². The van der Waals surface area contributed by atoms with Crippen LogP contribution < -0.4 is 4.90 Å². The number of hydrogen-bond donors (Lipinski definition) is 0. The topological polar surface area (TPSA) is 53.1 Å². The zero-order valence-corrected chi connectivity index (χ0v) is 15.8. The minimum atomic E-state index is -0.506. The van der Waals surface area contributed by atoms with Crippen molar-refractivity contribution in [3.8, 4) is 0 Å². The molecule has 1 fully saturated rings. The van der Waals surface area contributed by atoms with Crippen LogP contribution in [0.2, 0.25) is 0 Å². The molecule has 0 N–H and O–H groups in total. The number of methoxy groups -OCH3 is 1. The second-order valence-corrected chi connectivity index (χ2v) is 5.97. The SMILES string of the molecule is CCN(CC)c1ccc(/C=C2/C(=O)N(CC(=O)OC)C(=S)N2C)cc1. The molecule has 0 unspecified atom stereocenters. The lowest BCUT2D eigenvalue weighted by Crippen LogP contribution is -2.36. The number of esters is 1. The molecular weight excluding hydrogens is 338 g/mol. The molecule has 0 aromatic heterocycles. The van der Waals surface area contributed by atoms with Crippen molar-refractivity contribution >= 4 is 41.0 Å². The van der Waals surface area contributed by atoms with Gasteiger partial charge in [0.15, 0.2) is 5.11 Å². The van der Waals surface area contributed by atoms with E-state index in [0.29, 0.717) is 10.8 Å². The zero-order chi connectivity index (χ0) is 18.6. The van der Waals surface area contributed by atoms with Crippen LogP contribution in [-0.4, -0.2) is 60.6 Å². The van der Waals surface area contributed by atoms with E-state index in [2.05, 4.69) is 23.5 Å². The Morgan fingerprint density at radius 3 is 2.36 bits per heavy atom. The Balaban J connectivity index is 2.23. The summed E-state index contributed by atoms with van der Waals surface area (Å²) in [6, 6.07) is 7.99. The van der Waals surface area contributed by atoms with E-state index in [1.54, 1.807) is 18.0 Å². The van der Waals surface area contributed by atoms with Crippen LogP contribution in [0.4, 0.5) is 5.69 Å². The maximum atomic E-state index is 12.6. The third kappa shape index (κ3) is 3.99. The first kappa shape index (κ1) is 18.9. The molecule has 0 bridgehead atoms. The van der Waals surface area contributed by atoms with Crippen LogP contribution in [-0.2, 0) is 14.3 Å². The Morgan fingerprint density at radius 1 is 1.24 bits per heavy atom. The first-order valence-electron chi connectivity index (χ1n) is 8.16. The highest BCUT2D eigenvalue weighted by Gasteiger charge is 2.36. The summed E-state index contributed by atoms with van der Waals surface area (Å²) in [5.41, 5.74) is 2.47. The number of likely N-dealkylation sites (N-methyl/N-ethyl adjacent to an activating group) is 1. The summed E-state index contributed by atoms with van der Waals surface area (Å²) < 4.78 is 4.62. The molecule has 7 heteroatoms. The summed E-state index contributed by atoms with van der Waals surface area (Å²) >= 11 is 5.26. The number of rotatable bonds is 6. The number of hydrogen-bond acceptors (Lipinski definition) is 5. The lowest BCUT2D eigenvalue weighted by atomic mass is 10.1. The molecule has 1 aromatic rings. The van der Waals surface area contributed by atoms with Crippen molar-refractivity contribution < 1.29 is 14.3 Å². The van der Waals surface area contributed by atoms with Gasteiger partial charge < -0.3 is 14.5 Å². The van der Waals surface area contributed by atoms with E-state index in [-0.39, 0.29) is 12.5 Å². The van der Waals surface area contributed by atoms with Crippen LogP contribution in [0.5, 0.6) is 0 Å². The molecular formula is C18H23N3O3S. The Bertz CT molecular complexity index is 696. The van der Waals surface area contributed by atoms with Crippen LogP contribution in [0, 0.1) is 0 Å². The molecule has 0 atom stereocenters. The number of benzene rings is 1. The van der Waals surface area contributed by atoms with Crippen molar-refractivity contribution in [2.45, 2.75) is 13.8 Å². The van der Waals surface area contributed by atoms with Gasteiger partial charge in [0.1, 0.15) is 12.2 Å². The number of carbonyl (C=O) groups is 2. The van der Waals surface area contributed by atoms with Gasteiger partial charge in [-0.25, -0.2) is 0 Å². The van der Waals surface area contributed by atoms with Gasteiger partial charge in [0.05, 0.1) is 7.11 Å². The van der Waals surface area contributed by atoms with Crippen molar-refractivity contribution in [3.05, 3.63) is 35.5 Å². The van der Waals surface area contributed by atoms with Gasteiger partial charge in [-0.3, -0.25) is 14.5 Å². The molecule has 1 aromatic carbocycles. The van der Waals surface area contributed by atoms with Crippen LogP contribution >= 0.6 is 12.2 Å². The van der Waals surface area contributed by atoms with Gasteiger partial charge in [-0.05, 0) is 49.8 Å². The molecule has 0 spiro atoms. The molecule has 1 aliphatic heterocycles. The molecule has 0 saturated carbocycles. The highest BCUT2D eigenvalue weighted by molar-refractivity contribution is 7.80. The molecule has 6 nitrogen and oxygen atoms in total. The molecule has 0 aliphatic carbocycles. The Kier molecular flexibility index (Phi) is 6.14. The summed E-state index contributed by atoms with van der Waals surface area (Å²) in [6.45, 7) is 5.92. The Hall–Kier alpha value is -2.41. The summed E-state index contributed by atoms with van der Waals surface area (Å²) in [5, 5.41) is 0.293. The molecule has 1 saturated heterocycles. The highest BCUT2D eigenvalue weighted by Crippen LogP contribution is 2.23. The van der Waals surface area contributed by atoms with E-state index in [9.17, 15) is 9.59 Å². The van der Waals surface area contributed by atoms with Gasteiger partial charge in [-0.15, -0.1) is 0 Å². The number of carbonyl (C=O) groups excluding carboxylic acids is 2. The van der Waals surface area contributed by atoms with Gasteiger partial charge in [-0.2, -0.15) is 0 Å². The normalized spacial score (nSPS) is 15.9. The largest absolute Gasteiger partial charge is 0.468 e. The van der Waals surface area contributed by atoms with Crippen molar-refractivity contribution in [1.29, 1.82) is 0 Å². The molecule has 1 aliphatic rings. The smallest absolute Gasteiger partial charge is 0.325 e. The Labute approximate surface area is 153 Å². The molecule has 134 valence electrons. The molecule has 1 heterocycles. The van der Waals surface area contributed by atoms with Crippen molar-refractivity contribution in [2.75, 3.05) is 38.7 Å². The van der Waals surface area contributed by atoms with Crippen LogP contribution in [0.15, 0.2) is 30.0 Å². The lowest BCUT2D eigenvalue weighted by molar-refractivity contribution is -0.143. The van der Waals surface area contributed by atoms with Gasteiger partial charge in [0.2, 0.25) is 0 Å². The fourth-order valence-corrected chi connectivity index (χ4v) is 2.92.